The second-order valence-corrected chi connectivity index (χ2v) is 5.12. The summed E-state index contributed by atoms with van der Waals surface area (Å²) in [6.45, 7) is 8.64. The van der Waals surface area contributed by atoms with E-state index in [1.807, 2.05) is 13.8 Å². The van der Waals surface area contributed by atoms with Crippen LogP contribution in [0.5, 0.6) is 0 Å². The van der Waals surface area contributed by atoms with Gasteiger partial charge in [0.1, 0.15) is 0 Å². The molecule has 0 aromatic heterocycles. The van der Waals surface area contributed by atoms with E-state index in [0.717, 1.165) is 24.8 Å². The van der Waals surface area contributed by atoms with E-state index in [9.17, 15) is 4.57 Å². The first kappa shape index (κ1) is 14.9. The van der Waals surface area contributed by atoms with Crippen molar-refractivity contribution in [2.45, 2.75) is 47.0 Å². The van der Waals surface area contributed by atoms with Crippen LogP contribution in [0, 0.1) is 0 Å². The molecule has 0 heterocycles. The molecule has 0 aliphatic carbocycles. The quantitative estimate of drug-likeness (QED) is 0.586. The van der Waals surface area contributed by atoms with E-state index in [2.05, 4.69) is 13.8 Å². The average Bonchev–Trinajstić information content (AvgIpc) is 2.17. The Morgan fingerprint density at radius 2 is 1.67 bits per heavy atom. The highest BCUT2D eigenvalue weighted by Crippen LogP contribution is 2.51. The van der Waals surface area contributed by atoms with Gasteiger partial charge in [-0.1, -0.05) is 25.8 Å². The second-order valence-electron chi connectivity index (χ2n) is 3.27. The Morgan fingerprint density at radius 3 is 2.00 bits per heavy atom. The van der Waals surface area contributed by atoms with Crippen LogP contribution in [0.15, 0.2) is 11.4 Å². The normalized spacial score (nSPS) is 13.2. The van der Waals surface area contributed by atoms with Gasteiger partial charge in [0, 0.05) is 5.82 Å². The number of hydrogen-bond acceptors (Lipinski definition) is 3. The van der Waals surface area contributed by atoms with E-state index in [0.29, 0.717) is 13.2 Å². The summed E-state index contributed by atoms with van der Waals surface area (Å²) >= 11 is 0. The molecule has 0 saturated carbocycles. The minimum Gasteiger partial charge on any atom is -0.306 e. The Kier molecular flexibility index (Phi) is 8.03. The summed E-state index contributed by atoms with van der Waals surface area (Å²) in [6.07, 6.45) is 2.91. The van der Waals surface area contributed by atoms with Gasteiger partial charge in [-0.15, -0.1) is 0 Å². The minimum absolute atomic E-state index is 0.414. The predicted octanol–water partition coefficient (Wildman–Crippen LogP) is 4.35. The topological polar surface area (TPSA) is 35.5 Å². The third-order valence-electron chi connectivity index (χ3n) is 1.98. The zero-order valence-corrected chi connectivity index (χ0v) is 11.2. The van der Waals surface area contributed by atoms with Crippen molar-refractivity contribution < 1.29 is 13.6 Å². The molecule has 0 rings (SSSR count). The van der Waals surface area contributed by atoms with Gasteiger partial charge in [0.2, 0.25) is 0 Å². The predicted molar refractivity (Wildman–Crippen MR) is 64.1 cm³/mol. The van der Waals surface area contributed by atoms with E-state index in [1.165, 1.54) is 0 Å². The summed E-state index contributed by atoms with van der Waals surface area (Å²) in [5.41, 5.74) is 1.16. The first-order valence-corrected chi connectivity index (χ1v) is 7.32. The lowest BCUT2D eigenvalue weighted by molar-refractivity contribution is 0.228. The Labute approximate surface area is 93.4 Å². The average molecular weight is 234 g/mol. The van der Waals surface area contributed by atoms with Gasteiger partial charge in [-0.2, -0.15) is 0 Å². The van der Waals surface area contributed by atoms with Crippen LogP contribution in [0.25, 0.3) is 0 Å². The fraction of sp³-hybridized carbons (Fsp3) is 0.818. The molecule has 0 aromatic rings. The molecule has 3 nitrogen and oxygen atoms in total. The van der Waals surface area contributed by atoms with E-state index in [-0.39, 0.29) is 0 Å². The summed E-state index contributed by atoms with van der Waals surface area (Å²) in [4.78, 5) is 0. The molecular formula is C11H23O3P. The van der Waals surface area contributed by atoms with Crippen molar-refractivity contribution in [2.24, 2.45) is 0 Å². The largest absolute Gasteiger partial charge is 0.354 e. The molecule has 0 aromatic carbocycles. The van der Waals surface area contributed by atoms with Gasteiger partial charge in [0.25, 0.3) is 0 Å². The van der Waals surface area contributed by atoms with Crippen molar-refractivity contribution in [3.63, 3.8) is 0 Å². The summed E-state index contributed by atoms with van der Waals surface area (Å²) in [7, 11) is -2.98. The second kappa shape index (κ2) is 8.09. The molecule has 0 N–H and O–H groups in total. The van der Waals surface area contributed by atoms with Crippen molar-refractivity contribution in [3.8, 4) is 0 Å². The molecule has 0 saturated heterocycles. The Bertz CT molecular complexity index is 226. The van der Waals surface area contributed by atoms with Crippen LogP contribution in [0.3, 0.4) is 0 Å². The van der Waals surface area contributed by atoms with Crippen LogP contribution in [-0.2, 0) is 13.6 Å². The van der Waals surface area contributed by atoms with Crippen molar-refractivity contribution in [2.75, 3.05) is 13.2 Å². The summed E-state index contributed by atoms with van der Waals surface area (Å²) in [5, 5.41) is 0. The summed E-state index contributed by atoms with van der Waals surface area (Å²) < 4.78 is 22.5. The fourth-order valence-electron chi connectivity index (χ4n) is 1.35. The molecule has 0 atom stereocenters. The fourth-order valence-corrected chi connectivity index (χ4v) is 3.05. The third kappa shape index (κ3) is 6.14. The van der Waals surface area contributed by atoms with Gasteiger partial charge >= 0.3 is 7.60 Å². The first-order valence-electron chi connectivity index (χ1n) is 5.71. The summed E-state index contributed by atoms with van der Waals surface area (Å²) in [5.74, 6) is 1.70. The van der Waals surface area contributed by atoms with Crippen molar-refractivity contribution in [1.82, 2.24) is 0 Å². The van der Waals surface area contributed by atoms with Gasteiger partial charge in [-0.05, 0) is 26.7 Å². The van der Waals surface area contributed by atoms with E-state index in [1.54, 1.807) is 5.82 Å². The smallest absolute Gasteiger partial charge is 0.306 e. The highest BCUT2D eigenvalue weighted by molar-refractivity contribution is 7.57. The van der Waals surface area contributed by atoms with Gasteiger partial charge in [-0.3, -0.25) is 4.57 Å². The lowest BCUT2D eigenvalue weighted by Crippen LogP contribution is -1.94. The van der Waals surface area contributed by atoms with Gasteiger partial charge in [0.15, 0.2) is 0 Å². The molecule has 0 fully saturated rings. The zero-order valence-electron chi connectivity index (χ0n) is 10.3. The van der Waals surface area contributed by atoms with Crippen molar-refractivity contribution >= 4 is 7.60 Å². The van der Waals surface area contributed by atoms with Crippen molar-refractivity contribution in [1.29, 1.82) is 0 Å². The number of rotatable bonds is 8. The molecule has 0 amide bonds. The van der Waals surface area contributed by atoms with Crippen LogP contribution in [0.4, 0.5) is 0 Å². The molecule has 0 aliphatic heterocycles. The van der Waals surface area contributed by atoms with Crippen molar-refractivity contribution in [3.05, 3.63) is 11.4 Å². The van der Waals surface area contributed by atoms with Gasteiger partial charge < -0.3 is 9.05 Å². The summed E-state index contributed by atoms with van der Waals surface area (Å²) in [6, 6.07) is 0. The maximum absolute atomic E-state index is 12.1. The number of allylic oxidation sites excluding steroid dienone is 1. The van der Waals surface area contributed by atoms with E-state index in [4.69, 9.17) is 9.05 Å². The Morgan fingerprint density at radius 1 is 1.13 bits per heavy atom. The van der Waals surface area contributed by atoms with Crippen LogP contribution < -0.4 is 0 Å². The number of hydrogen-bond donors (Lipinski definition) is 0. The molecule has 0 radical (unpaired) electrons. The lowest BCUT2D eigenvalue weighted by atomic mass is 10.1. The van der Waals surface area contributed by atoms with Crippen LogP contribution in [-0.4, -0.2) is 13.2 Å². The first-order chi connectivity index (χ1) is 7.11. The maximum atomic E-state index is 12.1. The van der Waals surface area contributed by atoms with Gasteiger partial charge in [-0.25, -0.2) is 0 Å². The monoisotopic (exact) mass is 234 g/mol. The maximum Gasteiger partial charge on any atom is 0.354 e. The zero-order chi connectivity index (χ0) is 11.7. The minimum atomic E-state index is -2.98. The Hall–Kier alpha value is -0.110. The SMILES string of the molecule is CCCC(=CP(=O)(OCC)OCC)CC. The molecule has 15 heavy (non-hydrogen) atoms. The lowest BCUT2D eigenvalue weighted by Gasteiger charge is -2.14. The molecule has 0 spiro atoms. The van der Waals surface area contributed by atoms with Crippen LogP contribution in [0.1, 0.15) is 47.0 Å². The molecule has 0 aliphatic rings. The molecule has 4 heteroatoms. The highest BCUT2D eigenvalue weighted by Gasteiger charge is 2.20. The van der Waals surface area contributed by atoms with E-state index < -0.39 is 7.60 Å². The van der Waals surface area contributed by atoms with E-state index >= 15 is 0 Å². The highest BCUT2D eigenvalue weighted by atomic mass is 31.2. The third-order valence-corrected chi connectivity index (χ3v) is 3.90. The molecule has 90 valence electrons. The van der Waals surface area contributed by atoms with Crippen LogP contribution in [0.2, 0.25) is 0 Å². The standard InChI is InChI=1S/C11H23O3P/c1-5-9-11(6-2)10-15(12,13-7-3)14-8-4/h10H,5-9H2,1-4H3. The molecular weight excluding hydrogens is 211 g/mol. The molecule has 0 unspecified atom stereocenters. The van der Waals surface area contributed by atoms with Gasteiger partial charge in [0.05, 0.1) is 13.2 Å². The Balaban J connectivity index is 4.67. The molecule has 0 bridgehead atoms. The van der Waals surface area contributed by atoms with Crippen LogP contribution >= 0.6 is 7.60 Å².